The molecule has 0 radical (unpaired) electrons. The van der Waals surface area contributed by atoms with Gasteiger partial charge in [0.2, 0.25) is 10.0 Å². The van der Waals surface area contributed by atoms with E-state index >= 15 is 0 Å². The van der Waals surface area contributed by atoms with Crippen molar-refractivity contribution in [1.82, 2.24) is 10.0 Å². The quantitative estimate of drug-likeness (QED) is 0.672. The second kappa shape index (κ2) is 7.55. The minimum Gasteiger partial charge on any atom is -0.309 e. The van der Waals surface area contributed by atoms with Crippen LogP contribution >= 0.6 is 27.3 Å². The predicted octanol–water partition coefficient (Wildman–Crippen LogP) is 3.62. The van der Waals surface area contributed by atoms with Crippen LogP contribution in [0, 0.1) is 0 Å². The van der Waals surface area contributed by atoms with Crippen molar-refractivity contribution in [2.24, 2.45) is 0 Å². The van der Waals surface area contributed by atoms with Crippen molar-refractivity contribution in [3.05, 3.63) is 14.7 Å². The Kier molecular flexibility index (Phi) is 6.25. The maximum absolute atomic E-state index is 12.4. The van der Waals surface area contributed by atoms with Crippen molar-refractivity contribution in [3.8, 4) is 0 Å². The summed E-state index contributed by atoms with van der Waals surface area (Å²) < 4.78 is 28.3. The predicted molar refractivity (Wildman–Crippen MR) is 91.2 cm³/mol. The van der Waals surface area contributed by atoms with Crippen molar-refractivity contribution in [2.75, 3.05) is 0 Å². The molecule has 2 N–H and O–H groups in total. The normalized spacial score (nSPS) is 17.1. The third-order valence-corrected chi connectivity index (χ3v) is 7.33. The van der Waals surface area contributed by atoms with Crippen LogP contribution in [0.25, 0.3) is 0 Å². The lowest BCUT2D eigenvalue weighted by Gasteiger charge is -2.13. The lowest BCUT2D eigenvalue weighted by molar-refractivity contribution is 0.534. The summed E-state index contributed by atoms with van der Waals surface area (Å²) in [5.74, 6) is 0. The Labute approximate surface area is 139 Å². The SMILES string of the molecule is CCCCC(C)NS(=O)(=O)c1cc(CNC2CC2)sc1Br. The largest absolute Gasteiger partial charge is 0.309 e. The topological polar surface area (TPSA) is 58.2 Å². The average molecular weight is 395 g/mol. The van der Waals surface area contributed by atoms with E-state index in [-0.39, 0.29) is 6.04 Å². The molecule has 0 amide bonds. The van der Waals surface area contributed by atoms with Gasteiger partial charge in [0.25, 0.3) is 0 Å². The highest BCUT2D eigenvalue weighted by molar-refractivity contribution is 9.11. The number of thiophene rings is 1. The van der Waals surface area contributed by atoms with Crippen LogP contribution < -0.4 is 10.0 Å². The zero-order valence-corrected chi connectivity index (χ0v) is 15.7. The smallest absolute Gasteiger partial charge is 0.242 e. The molecule has 0 spiro atoms. The molecule has 1 aromatic heterocycles. The number of hydrogen-bond donors (Lipinski definition) is 2. The summed E-state index contributed by atoms with van der Waals surface area (Å²) in [4.78, 5) is 1.42. The second-order valence-electron chi connectivity index (χ2n) is 5.67. The molecule has 0 saturated heterocycles. The first-order valence-electron chi connectivity index (χ1n) is 7.46. The van der Waals surface area contributed by atoms with Gasteiger partial charge >= 0.3 is 0 Å². The number of rotatable bonds is 9. The van der Waals surface area contributed by atoms with Crippen molar-refractivity contribution in [2.45, 2.75) is 69.5 Å². The van der Waals surface area contributed by atoms with E-state index in [0.29, 0.717) is 14.7 Å². The van der Waals surface area contributed by atoms with Crippen molar-refractivity contribution in [1.29, 1.82) is 0 Å². The summed E-state index contributed by atoms with van der Waals surface area (Å²) in [7, 11) is -3.44. The van der Waals surface area contributed by atoms with E-state index in [0.717, 1.165) is 30.7 Å². The van der Waals surface area contributed by atoms with Crippen molar-refractivity contribution >= 4 is 37.3 Å². The summed E-state index contributed by atoms with van der Waals surface area (Å²) in [5, 5.41) is 3.41. The lowest BCUT2D eigenvalue weighted by Crippen LogP contribution is -2.32. The molecule has 1 aliphatic rings. The molecule has 0 bridgehead atoms. The summed E-state index contributed by atoms with van der Waals surface area (Å²) >= 11 is 4.88. The van der Waals surface area contributed by atoms with Gasteiger partial charge in [-0.05, 0) is 48.2 Å². The third-order valence-electron chi connectivity index (χ3n) is 3.49. The zero-order valence-electron chi connectivity index (χ0n) is 12.5. The number of sulfonamides is 1. The van der Waals surface area contributed by atoms with E-state index < -0.39 is 10.0 Å². The van der Waals surface area contributed by atoms with Crippen molar-refractivity contribution in [3.63, 3.8) is 0 Å². The fourth-order valence-corrected chi connectivity index (χ4v) is 6.01. The molecule has 1 fully saturated rings. The van der Waals surface area contributed by atoms with Crippen LogP contribution in [0.5, 0.6) is 0 Å². The maximum atomic E-state index is 12.4. The Morgan fingerprint density at radius 2 is 2.19 bits per heavy atom. The molecule has 1 unspecified atom stereocenters. The van der Waals surface area contributed by atoms with Gasteiger partial charge in [-0.3, -0.25) is 0 Å². The van der Waals surface area contributed by atoms with E-state index in [1.807, 2.05) is 6.92 Å². The summed E-state index contributed by atoms with van der Waals surface area (Å²) in [5.41, 5.74) is 0. The highest BCUT2D eigenvalue weighted by Gasteiger charge is 2.24. The summed E-state index contributed by atoms with van der Waals surface area (Å²) in [6.07, 6.45) is 5.44. The second-order valence-corrected chi connectivity index (χ2v) is 9.81. The number of nitrogens with one attached hydrogen (secondary N) is 2. The van der Waals surface area contributed by atoms with Crippen LogP contribution in [0.15, 0.2) is 14.7 Å². The zero-order chi connectivity index (χ0) is 15.5. The Hall–Kier alpha value is 0.0500. The molecule has 7 heteroatoms. The maximum Gasteiger partial charge on any atom is 0.242 e. The van der Waals surface area contributed by atoms with Gasteiger partial charge in [0.15, 0.2) is 0 Å². The standard InChI is InChI=1S/C14H23BrN2O2S2/c1-3-4-5-10(2)17-21(18,19)13-8-12(20-14(13)15)9-16-11-6-7-11/h8,10-11,16-17H,3-7,9H2,1-2H3. The van der Waals surface area contributed by atoms with Gasteiger partial charge in [0.1, 0.15) is 4.90 Å². The van der Waals surface area contributed by atoms with Crippen LogP contribution in [0.3, 0.4) is 0 Å². The minimum absolute atomic E-state index is 0.0326. The molecular weight excluding hydrogens is 372 g/mol. The first-order valence-corrected chi connectivity index (χ1v) is 10.6. The van der Waals surface area contributed by atoms with Crippen LogP contribution in [-0.4, -0.2) is 20.5 Å². The molecule has 4 nitrogen and oxygen atoms in total. The molecule has 21 heavy (non-hydrogen) atoms. The highest BCUT2D eigenvalue weighted by Crippen LogP contribution is 2.32. The molecular formula is C14H23BrN2O2S2. The molecule has 1 aliphatic carbocycles. The Balaban J connectivity index is 2.00. The number of hydrogen-bond acceptors (Lipinski definition) is 4. The van der Waals surface area contributed by atoms with Gasteiger partial charge < -0.3 is 5.32 Å². The molecule has 1 heterocycles. The molecule has 120 valence electrons. The number of halogens is 1. The van der Waals surface area contributed by atoms with Gasteiger partial charge in [-0.1, -0.05) is 19.8 Å². The van der Waals surface area contributed by atoms with Crippen LogP contribution in [0.2, 0.25) is 0 Å². The molecule has 2 rings (SSSR count). The van der Waals surface area contributed by atoms with Crippen molar-refractivity contribution < 1.29 is 8.42 Å². The van der Waals surface area contributed by atoms with Gasteiger partial charge in [-0.25, -0.2) is 13.1 Å². The third kappa shape index (κ3) is 5.32. The van der Waals surface area contributed by atoms with Crippen LogP contribution in [0.4, 0.5) is 0 Å². The van der Waals surface area contributed by atoms with E-state index in [9.17, 15) is 8.42 Å². The Bertz CT molecular complexity index is 568. The monoisotopic (exact) mass is 394 g/mol. The Morgan fingerprint density at radius 1 is 1.48 bits per heavy atom. The summed E-state index contributed by atoms with van der Waals surface area (Å²) in [6.45, 7) is 4.77. The molecule has 0 aliphatic heterocycles. The van der Waals surface area contributed by atoms with E-state index in [1.165, 1.54) is 24.2 Å². The fourth-order valence-electron chi connectivity index (χ4n) is 2.10. The highest BCUT2D eigenvalue weighted by atomic mass is 79.9. The average Bonchev–Trinajstić information content (AvgIpc) is 3.15. The van der Waals surface area contributed by atoms with E-state index in [4.69, 9.17) is 0 Å². The Morgan fingerprint density at radius 3 is 2.81 bits per heavy atom. The molecule has 1 atom stereocenters. The number of unbranched alkanes of at least 4 members (excludes halogenated alkanes) is 1. The van der Waals surface area contributed by atoms with Crippen LogP contribution in [0.1, 0.15) is 50.8 Å². The molecule has 1 saturated carbocycles. The van der Waals surface area contributed by atoms with E-state index in [2.05, 4.69) is 32.9 Å². The fraction of sp³-hybridized carbons (Fsp3) is 0.714. The van der Waals surface area contributed by atoms with Gasteiger partial charge in [0, 0.05) is 23.5 Å². The van der Waals surface area contributed by atoms with Gasteiger partial charge in [0.05, 0.1) is 3.79 Å². The molecule has 1 aromatic rings. The molecule has 0 aromatic carbocycles. The lowest BCUT2D eigenvalue weighted by atomic mass is 10.2. The van der Waals surface area contributed by atoms with Gasteiger partial charge in [-0.15, -0.1) is 11.3 Å². The summed E-state index contributed by atoms with van der Waals surface area (Å²) in [6, 6.07) is 2.37. The van der Waals surface area contributed by atoms with Gasteiger partial charge in [-0.2, -0.15) is 0 Å². The van der Waals surface area contributed by atoms with E-state index in [1.54, 1.807) is 6.07 Å². The van der Waals surface area contributed by atoms with Crippen LogP contribution in [-0.2, 0) is 16.6 Å². The first kappa shape index (κ1) is 17.4. The first-order chi connectivity index (χ1) is 9.92. The minimum atomic E-state index is -3.44.